The highest BCUT2D eigenvalue weighted by Gasteiger charge is 2.42. The quantitative estimate of drug-likeness (QED) is 0.256. The molecule has 0 aliphatic rings. The van der Waals surface area contributed by atoms with Crippen molar-refractivity contribution < 1.29 is 22.8 Å². The first-order valence-corrected chi connectivity index (χ1v) is 14.8. The summed E-state index contributed by atoms with van der Waals surface area (Å²) in [5, 5.41) is 5.57. The average Bonchev–Trinajstić information content (AvgIpc) is 2.74. The second-order valence-electron chi connectivity index (χ2n) is 9.84. The first-order valence-electron chi connectivity index (χ1n) is 10.9. The van der Waals surface area contributed by atoms with Crippen molar-refractivity contribution in [3.8, 4) is 0 Å². The molecule has 0 spiro atoms. The number of nitrogens with zero attached hydrogens (tertiary/aromatic N) is 1. The normalized spacial score (nSPS) is 14.1. The lowest BCUT2D eigenvalue weighted by molar-refractivity contribution is -0.137. The molecular formula is C24H29ClF3N3O2SSi. The Balaban J connectivity index is 2.30. The van der Waals surface area contributed by atoms with E-state index in [1.807, 2.05) is 0 Å². The first kappa shape index (κ1) is 28.9. The van der Waals surface area contributed by atoms with Gasteiger partial charge in [0.05, 0.1) is 19.3 Å². The van der Waals surface area contributed by atoms with E-state index in [9.17, 15) is 22.8 Å². The molecule has 5 nitrogen and oxygen atoms in total. The van der Waals surface area contributed by atoms with Crippen LogP contribution in [0.5, 0.6) is 0 Å². The molecule has 2 aromatic rings. The third-order valence-corrected chi connectivity index (χ3v) is 13.3. The van der Waals surface area contributed by atoms with Crippen molar-refractivity contribution >= 4 is 49.2 Å². The van der Waals surface area contributed by atoms with Crippen LogP contribution in [0.1, 0.15) is 43.5 Å². The van der Waals surface area contributed by atoms with Crippen LogP contribution in [-0.2, 0) is 15.8 Å². The Bertz CT molecular complexity index is 1090. The summed E-state index contributed by atoms with van der Waals surface area (Å²) in [5.74, 6) is -1.94. The van der Waals surface area contributed by atoms with Crippen molar-refractivity contribution in [2.45, 2.75) is 56.5 Å². The summed E-state index contributed by atoms with van der Waals surface area (Å²) in [6.07, 6.45) is -2.70. The Morgan fingerprint density at radius 1 is 1.20 bits per heavy atom. The zero-order chi connectivity index (χ0) is 26.6. The van der Waals surface area contributed by atoms with E-state index >= 15 is 0 Å². The summed E-state index contributed by atoms with van der Waals surface area (Å²) in [7, 11) is -2.04. The number of nitrogens with one attached hydrogen (secondary N) is 2. The number of pyridine rings is 1. The lowest BCUT2D eigenvalue weighted by atomic mass is 9.93. The van der Waals surface area contributed by atoms with Crippen LogP contribution < -0.4 is 10.6 Å². The van der Waals surface area contributed by atoms with Gasteiger partial charge in [-0.05, 0) is 41.0 Å². The smallest absolute Gasteiger partial charge is 0.362 e. The molecule has 0 fully saturated rings. The van der Waals surface area contributed by atoms with E-state index in [-0.39, 0.29) is 38.5 Å². The number of alkyl halides is 3. The number of thiocarbonyl (C=S) groups is 1. The maximum absolute atomic E-state index is 13.3. The highest BCUT2D eigenvalue weighted by Crippen LogP contribution is 2.42. The van der Waals surface area contributed by atoms with Crippen molar-refractivity contribution in [3.05, 3.63) is 64.4 Å². The molecule has 1 aromatic heterocycles. The number of halogens is 4. The highest BCUT2D eigenvalue weighted by molar-refractivity contribution is 7.80. The number of aromatic nitrogens is 1. The zero-order valence-electron chi connectivity index (χ0n) is 20.2. The number of benzene rings is 1. The minimum absolute atomic E-state index is 0.0374. The maximum Gasteiger partial charge on any atom is 0.416 e. The lowest BCUT2D eigenvalue weighted by Crippen LogP contribution is -2.49. The minimum atomic E-state index is -4.61. The highest BCUT2D eigenvalue weighted by atomic mass is 35.5. The van der Waals surface area contributed by atoms with Gasteiger partial charge in [-0.2, -0.15) is 13.2 Å². The first-order chi connectivity index (χ1) is 16.1. The zero-order valence-corrected chi connectivity index (χ0v) is 22.7. The molecule has 1 aromatic carbocycles. The molecule has 1 amide bonds. The van der Waals surface area contributed by atoms with Crippen molar-refractivity contribution in [2.75, 3.05) is 6.54 Å². The number of carbonyl (C=O) groups excluding carboxylic acids is 2. The van der Waals surface area contributed by atoms with Crippen molar-refractivity contribution in [2.24, 2.45) is 0 Å². The van der Waals surface area contributed by atoms with Gasteiger partial charge in [-0.25, -0.2) is 0 Å². The molecule has 0 bridgehead atoms. The van der Waals surface area contributed by atoms with Gasteiger partial charge in [0.2, 0.25) is 5.91 Å². The van der Waals surface area contributed by atoms with Crippen LogP contribution in [-0.4, -0.2) is 36.9 Å². The largest absolute Gasteiger partial charge is 0.416 e. The van der Waals surface area contributed by atoms with E-state index in [0.717, 1.165) is 24.6 Å². The van der Waals surface area contributed by atoms with Gasteiger partial charge >= 0.3 is 6.18 Å². The second kappa shape index (κ2) is 11.2. The number of hydrogen-bond acceptors (Lipinski definition) is 4. The molecule has 35 heavy (non-hydrogen) atoms. The molecule has 2 N–H and O–H groups in total. The van der Waals surface area contributed by atoms with Gasteiger partial charge in [-0.15, -0.1) is 0 Å². The predicted molar refractivity (Wildman–Crippen MR) is 138 cm³/mol. The van der Waals surface area contributed by atoms with Crippen molar-refractivity contribution in [1.29, 1.82) is 0 Å². The molecule has 1 unspecified atom stereocenters. The fraction of sp³-hybridized carbons (Fsp3) is 0.417. The van der Waals surface area contributed by atoms with Crippen LogP contribution in [0.15, 0.2) is 42.6 Å². The summed E-state index contributed by atoms with van der Waals surface area (Å²) in [6, 6.07) is 8.01. The molecular weight excluding hydrogens is 515 g/mol. The van der Waals surface area contributed by atoms with Gasteiger partial charge in [0.25, 0.3) is 0 Å². The maximum atomic E-state index is 13.3. The Morgan fingerprint density at radius 3 is 2.37 bits per heavy atom. The van der Waals surface area contributed by atoms with Gasteiger partial charge in [0.1, 0.15) is 12.2 Å². The third kappa shape index (κ3) is 7.11. The van der Waals surface area contributed by atoms with E-state index in [2.05, 4.69) is 49.5 Å². The van der Waals surface area contributed by atoms with E-state index in [1.54, 1.807) is 18.2 Å². The second-order valence-corrected chi connectivity index (χ2v) is 16.3. The Hall–Kier alpha value is -2.30. The predicted octanol–water partition coefficient (Wildman–Crippen LogP) is 5.95. The van der Waals surface area contributed by atoms with Crippen LogP contribution in [0.3, 0.4) is 0 Å². The summed E-state index contributed by atoms with van der Waals surface area (Å²) in [5.41, 5.74) is -1.05. The SMILES string of the molecule is CC(C)(C)[Si](C)(C)[C@@H](C=O)CNC(=S)NC(=O)C(c1cc(C(F)(F)F)ccn1)c1ccccc1Cl. The van der Waals surface area contributed by atoms with E-state index in [1.165, 1.54) is 6.07 Å². The molecule has 1 heterocycles. The molecule has 2 atom stereocenters. The molecule has 190 valence electrons. The van der Waals surface area contributed by atoms with Crippen LogP contribution in [0, 0.1) is 0 Å². The molecule has 11 heteroatoms. The van der Waals surface area contributed by atoms with Crippen LogP contribution in [0.4, 0.5) is 13.2 Å². The summed E-state index contributed by atoms with van der Waals surface area (Å²) in [4.78, 5) is 29.1. The topological polar surface area (TPSA) is 71.1 Å². The van der Waals surface area contributed by atoms with Gasteiger partial charge in [0.15, 0.2) is 5.11 Å². The van der Waals surface area contributed by atoms with E-state index < -0.39 is 31.6 Å². The van der Waals surface area contributed by atoms with Crippen molar-refractivity contribution in [3.63, 3.8) is 0 Å². The Kier molecular flexibility index (Phi) is 9.24. The summed E-state index contributed by atoms with van der Waals surface area (Å²) >= 11 is 11.6. The number of aldehydes is 1. The summed E-state index contributed by atoms with van der Waals surface area (Å²) in [6.45, 7) is 10.7. The molecule has 0 radical (unpaired) electrons. The minimum Gasteiger partial charge on any atom is -0.362 e. The fourth-order valence-electron chi connectivity index (χ4n) is 3.39. The number of rotatable bonds is 7. The number of hydrogen-bond donors (Lipinski definition) is 2. The van der Waals surface area contributed by atoms with Gasteiger partial charge < -0.3 is 15.4 Å². The average molecular weight is 544 g/mol. The third-order valence-electron chi connectivity index (χ3n) is 6.63. The molecule has 2 rings (SSSR count). The molecule has 0 aliphatic carbocycles. The van der Waals surface area contributed by atoms with Crippen LogP contribution >= 0.6 is 23.8 Å². The standard InChI is InChI=1S/C24H29ClF3N3O2SSi/c1-23(2,3)35(4,5)16(14-32)13-30-22(34)31-21(33)20(17-8-6-7-9-18(17)25)19-12-15(10-11-29-19)24(26,27)28/h6-12,14,16,20H,13H2,1-5H3,(H2,30,31,33,34)/t16-,20?/m1/s1. The fourth-order valence-corrected chi connectivity index (χ4v) is 5.88. The lowest BCUT2D eigenvalue weighted by Gasteiger charge is -2.41. The van der Waals surface area contributed by atoms with Gasteiger partial charge in [-0.1, -0.05) is 63.7 Å². The Morgan fingerprint density at radius 2 is 1.83 bits per heavy atom. The van der Waals surface area contributed by atoms with Gasteiger partial charge in [0, 0.05) is 23.3 Å². The molecule has 0 saturated carbocycles. The van der Waals surface area contributed by atoms with Crippen molar-refractivity contribution in [1.82, 2.24) is 15.6 Å². The summed E-state index contributed by atoms with van der Waals surface area (Å²) < 4.78 is 39.9. The Labute approximate surface area is 214 Å². The monoisotopic (exact) mass is 543 g/mol. The molecule has 0 aliphatic heterocycles. The van der Waals surface area contributed by atoms with Gasteiger partial charge in [-0.3, -0.25) is 9.78 Å². The van der Waals surface area contributed by atoms with E-state index in [4.69, 9.17) is 23.8 Å². The number of carbonyl (C=O) groups is 2. The van der Waals surface area contributed by atoms with Crippen LogP contribution in [0.25, 0.3) is 0 Å². The molecule has 0 saturated heterocycles. The van der Waals surface area contributed by atoms with Crippen LogP contribution in [0.2, 0.25) is 28.7 Å². The number of amides is 1. The van der Waals surface area contributed by atoms with E-state index in [0.29, 0.717) is 0 Å².